The molecule has 0 bridgehead atoms. The molecule has 0 saturated carbocycles. The summed E-state index contributed by atoms with van der Waals surface area (Å²) in [6, 6.07) is 8.09. The molecule has 0 radical (unpaired) electrons. The van der Waals surface area contributed by atoms with Crippen LogP contribution in [-0.2, 0) is 32.0 Å². The number of carbonyl (C=O) groups is 4. The molecule has 0 aliphatic carbocycles. The number of hydrogen-bond donors (Lipinski definition) is 7. The Kier molecular flexibility index (Phi) is 12.6. The van der Waals surface area contributed by atoms with E-state index in [0.29, 0.717) is 5.56 Å². The first-order valence-electron chi connectivity index (χ1n) is 13.7. The molecule has 2 aromatic carbocycles. The van der Waals surface area contributed by atoms with Gasteiger partial charge in [-0.3, -0.25) is 14.4 Å². The van der Waals surface area contributed by atoms with Crippen molar-refractivity contribution in [2.45, 2.75) is 77.5 Å². The first-order valence-corrected chi connectivity index (χ1v) is 13.7. The fraction of sp³-hybridized carbons (Fsp3) is 0.467. The van der Waals surface area contributed by atoms with E-state index in [-0.39, 0.29) is 49.0 Å². The van der Waals surface area contributed by atoms with Crippen LogP contribution < -0.4 is 21.7 Å². The van der Waals surface area contributed by atoms with Crippen molar-refractivity contribution < 1.29 is 34.5 Å². The third-order valence-corrected chi connectivity index (χ3v) is 6.40. The molecule has 3 amide bonds. The van der Waals surface area contributed by atoms with Gasteiger partial charge in [0.05, 0.1) is 6.04 Å². The molecule has 0 fully saturated rings. The molecule has 2 rings (SSSR count). The average molecular weight is 571 g/mol. The van der Waals surface area contributed by atoms with Crippen molar-refractivity contribution >= 4 is 23.7 Å². The molecule has 0 heterocycles. The van der Waals surface area contributed by atoms with Gasteiger partial charge in [-0.1, -0.05) is 52.0 Å². The number of carbonyl (C=O) groups excluding carboxylic acids is 3. The van der Waals surface area contributed by atoms with Crippen molar-refractivity contribution in [3.05, 3.63) is 59.7 Å². The van der Waals surface area contributed by atoms with Crippen molar-refractivity contribution in [2.24, 2.45) is 17.6 Å². The Morgan fingerprint density at radius 3 is 1.49 bits per heavy atom. The molecule has 41 heavy (non-hydrogen) atoms. The number of carboxylic acid groups (broad SMARTS) is 1. The van der Waals surface area contributed by atoms with Crippen LogP contribution in [-0.4, -0.2) is 63.2 Å². The van der Waals surface area contributed by atoms with Crippen LogP contribution in [0.3, 0.4) is 0 Å². The topological polar surface area (TPSA) is 191 Å². The summed E-state index contributed by atoms with van der Waals surface area (Å²) in [7, 11) is 0. The van der Waals surface area contributed by atoms with Crippen LogP contribution in [0.25, 0.3) is 0 Å². The first-order chi connectivity index (χ1) is 19.2. The van der Waals surface area contributed by atoms with Gasteiger partial charge in [0.2, 0.25) is 17.7 Å². The lowest BCUT2D eigenvalue weighted by Crippen LogP contribution is -2.58. The molecular weight excluding hydrogens is 528 g/mol. The Hall–Kier alpha value is -4.12. The Morgan fingerprint density at radius 2 is 1.02 bits per heavy atom. The smallest absolute Gasteiger partial charge is 0.326 e. The third kappa shape index (κ3) is 11.5. The molecule has 8 N–H and O–H groups in total. The number of benzene rings is 2. The van der Waals surface area contributed by atoms with Crippen LogP contribution in [0.5, 0.6) is 11.5 Å². The van der Waals surface area contributed by atoms with Gasteiger partial charge < -0.3 is 37.0 Å². The zero-order valence-electron chi connectivity index (χ0n) is 24.0. The largest absolute Gasteiger partial charge is 0.508 e. The molecule has 11 heteroatoms. The fourth-order valence-corrected chi connectivity index (χ4v) is 4.27. The molecule has 11 nitrogen and oxygen atoms in total. The SMILES string of the molecule is CC(C)CC(NC(=O)C(Cc1ccc(O)cc1)NC(=O)C(CC(C)C)NC(=O)C(N)Cc1ccc(O)cc1)C(=O)O. The summed E-state index contributed by atoms with van der Waals surface area (Å²) in [6.45, 7) is 7.44. The number of phenolic OH excluding ortho intramolecular Hbond substituents is 2. The van der Waals surface area contributed by atoms with Crippen LogP contribution in [0.15, 0.2) is 48.5 Å². The van der Waals surface area contributed by atoms with Gasteiger partial charge in [-0.2, -0.15) is 0 Å². The van der Waals surface area contributed by atoms with E-state index in [9.17, 15) is 34.5 Å². The number of aliphatic carboxylic acids is 1. The summed E-state index contributed by atoms with van der Waals surface area (Å²) in [5, 5.41) is 36.6. The highest BCUT2D eigenvalue weighted by Crippen LogP contribution is 2.14. The van der Waals surface area contributed by atoms with Gasteiger partial charge in [-0.25, -0.2) is 4.79 Å². The number of phenols is 2. The Morgan fingerprint density at radius 1 is 0.634 bits per heavy atom. The Balaban J connectivity index is 2.22. The lowest BCUT2D eigenvalue weighted by molar-refractivity contribution is -0.142. The molecule has 0 aliphatic rings. The van der Waals surface area contributed by atoms with Crippen LogP contribution >= 0.6 is 0 Å². The van der Waals surface area contributed by atoms with Gasteiger partial charge in [0.1, 0.15) is 29.6 Å². The lowest BCUT2D eigenvalue weighted by atomic mass is 9.99. The molecule has 0 spiro atoms. The van der Waals surface area contributed by atoms with E-state index < -0.39 is 47.9 Å². The summed E-state index contributed by atoms with van der Waals surface area (Å²) >= 11 is 0. The summed E-state index contributed by atoms with van der Waals surface area (Å²) in [4.78, 5) is 51.5. The number of aromatic hydroxyl groups is 2. The zero-order valence-corrected chi connectivity index (χ0v) is 24.0. The molecule has 0 aliphatic heterocycles. The van der Waals surface area contributed by atoms with Crippen molar-refractivity contribution in [3.63, 3.8) is 0 Å². The molecule has 2 aromatic rings. The van der Waals surface area contributed by atoms with Crippen molar-refractivity contribution in [3.8, 4) is 11.5 Å². The van der Waals surface area contributed by atoms with E-state index in [2.05, 4.69) is 16.0 Å². The number of nitrogens with two attached hydrogens (primary N) is 1. The van der Waals surface area contributed by atoms with Gasteiger partial charge >= 0.3 is 5.97 Å². The number of hydrogen-bond acceptors (Lipinski definition) is 7. The normalized spacial score (nSPS) is 14.1. The molecule has 0 aromatic heterocycles. The van der Waals surface area contributed by atoms with Gasteiger partial charge in [0, 0.05) is 6.42 Å². The highest BCUT2D eigenvalue weighted by Gasteiger charge is 2.31. The van der Waals surface area contributed by atoms with Crippen LogP contribution in [0.2, 0.25) is 0 Å². The maximum Gasteiger partial charge on any atom is 0.326 e. The Bertz CT molecular complexity index is 1170. The molecule has 4 atom stereocenters. The van der Waals surface area contributed by atoms with Crippen LogP contribution in [0.1, 0.15) is 51.7 Å². The van der Waals surface area contributed by atoms with Crippen molar-refractivity contribution in [1.82, 2.24) is 16.0 Å². The zero-order chi connectivity index (χ0) is 30.7. The van der Waals surface area contributed by atoms with Gasteiger partial charge in [0.25, 0.3) is 0 Å². The monoisotopic (exact) mass is 570 g/mol. The van der Waals surface area contributed by atoms with E-state index >= 15 is 0 Å². The average Bonchev–Trinajstić information content (AvgIpc) is 2.89. The molecule has 4 unspecified atom stereocenters. The maximum absolute atomic E-state index is 13.5. The molecule has 0 saturated heterocycles. The second-order valence-electron chi connectivity index (χ2n) is 11.1. The number of amides is 3. The van der Waals surface area contributed by atoms with Gasteiger partial charge in [-0.15, -0.1) is 0 Å². The maximum atomic E-state index is 13.5. The summed E-state index contributed by atoms with van der Waals surface area (Å²) in [5.74, 6) is -2.91. The fourth-order valence-electron chi connectivity index (χ4n) is 4.27. The van der Waals surface area contributed by atoms with Crippen LogP contribution in [0.4, 0.5) is 0 Å². The van der Waals surface area contributed by atoms with Gasteiger partial charge in [-0.05, 0) is 66.5 Å². The second-order valence-corrected chi connectivity index (χ2v) is 11.1. The Labute approximate surface area is 240 Å². The van der Waals surface area contributed by atoms with E-state index in [1.165, 1.54) is 24.3 Å². The summed E-state index contributed by atoms with van der Waals surface area (Å²) < 4.78 is 0. The minimum Gasteiger partial charge on any atom is -0.508 e. The predicted molar refractivity (Wildman–Crippen MR) is 154 cm³/mol. The first kappa shape index (κ1) is 33.1. The van der Waals surface area contributed by atoms with Crippen molar-refractivity contribution in [2.75, 3.05) is 0 Å². The minimum atomic E-state index is -1.19. The highest BCUT2D eigenvalue weighted by molar-refractivity contribution is 5.94. The standard InChI is InChI=1S/C30H42N4O7/c1-17(2)13-24(32-27(37)23(31)15-19-5-9-21(35)10-6-19)28(38)33-25(16-20-7-11-22(36)12-8-20)29(39)34-26(30(40)41)14-18(3)4/h5-12,17-18,23-26,35-36H,13-16,31H2,1-4H3,(H,32,37)(H,33,38)(H,34,39)(H,40,41). The van der Waals surface area contributed by atoms with E-state index in [1.54, 1.807) is 24.3 Å². The van der Waals surface area contributed by atoms with E-state index in [1.807, 2.05) is 27.7 Å². The van der Waals surface area contributed by atoms with E-state index in [4.69, 9.17) is 5.73 Å². The second kappa shape index (κ2) is 15.6. The summed E-state index contributed by atoms with van der Waals surface area (Å²) in [5.41, 5.74) is 7.46. The number of nitrogens with one attached hydrogen (secondary N) is 3. The number of rotatable bonds is 15. The predicted octanol–water partition coefficient (Wildman–Crippen LogP) is 1.84. The molecular formula is C30H42N4O7. The lowest BCUT2D eigenvalue weighted by Gasteiger charge is -2.26. The quantitative estimate of drug-likeness (QED) is 0.169. The third-order valence-electron chi connectivity index (χ3n) is 6.40. The minimum absolute atomic E-state index is 0.00189. The van der Waals surface area contributed by atoms with Gasteiger partial charge in [0.15, 0.2) is 0 Å². The summed E-state index contributed by atoms with van der Waals surface area (Å²) in [6.07, 6.45) is 0.670. The van der Waals surface area contributed by atoms with E-state index in [0.717, 1.165) is 5.56 Å². The number of carboxylic acids is 1. The highest BCUT2D eigenvalue weighted by atomic mass is 16.4. The van der Waals surface area contributed by atoms with Crippen molar-refractivity contribution in [1.29, 1.82) is 0 Å². The van der Waals surface area contributed by atoms with Crippen LogP contribution in [0, 0.1) is 11.8 Å². The molecule has 224 valence electrons.